The van der Waals surface area contributed by atoms with Crippen molar-refractivity contribution in [3.8, 4) is 11.5 Å². The van der Waals surface area contributed by atoms with Gasteiger partial charge in [0.05, 0.1) is 24.8 Å². The van der Waals surface area contributed by atoms with Crippen LogP contribution in [-0.2, 0) is 0 Å². The molecule has 146 valence electrons. The second-order valence-electron chi connectivity index (χ2n) is 6.88. The molecule has 1 unspecified atom stereocenters. The van der Waals surface area contributed by atoms with Crippen LogP contribution in [0, 0.1) is 6.92 Å². The zero-order valence-electron chi connectivity index (χ0n) is 16.9. The molecule has 0 aliphatic rings. The third-order valence-corrected chi connectivity index (χ3v) is 4.84. The molecule has 0 aromatic heterocycles. The number of benzene rings is 2. The maximum Gasteiger partial charge on any atom is 0.251 e. The number of nitrogens with one attached hydrogen (secondary N) is 1. The first kappa shape index (κ1) is 21.1. The zero-order chi connectivity index (χ0) is 20.1. The predicted octanol–water partition coefficient (Wildman–Crippen LogP) is 5.67. The minimum absolute atomic E-state index is 0.147. The zero-order valence-corrected chi connectivity index (χ0v) is 17.6. The summed E-state index contributed by atoms with van der Waals surface area (Å²) in [6, 6.07) is 9.08. The molecule has 0 saturated carbocycles. The molecule has 0 heterocycles. The third kappa shape index (κ3) is 4.95. The number of aryl methyl sites for hydroxylation is 1. The summed E-state index contributed by atoms with van der Waals surface area (Å²) in [5.74, 6) is 1.61. The lowest BCUT2D eigenvalue weighted by atomic mass is 9.93. The summed E-state index contributed by atoms with van der Waals surface area (Å²) in [7, 11) is 1.68. The topological polar surface area (TPSA) is 47.6 Å². The van der Waals surface area contributed by atoms with Gasteiger partial charge in [0.25, 0.3) is 5.91 Å². The van der Waals surface area contributed by atoms with Crippen LogP contribution in [0.15, 0.2) is 30.3 Å². The van der Waals surface area contributed by atoms with Crippen LogP contribution in [0.1, 0.15) is 66.7 Å². The molecule has 0 fully saturated rings. The van der Waals surface area contributed by atoms with Crippen molar-refractivity contribution in [1.29, 1.82) is 0 Å². The smallest absolute Gasteiger partial charge is 0.251 e. The second kappa shape index (κ2) is 9.14. The highest BCUT2D eigenvalue weighted by Gasteiger charge is 2.18. The Morgan fingerprint density at radius 3 is 2.37 bits per heavy atom. The van der Waals surface area contributed by atoms with Crippen LogP contribution in [0.5, 0.6) is 11.5 Å². The van der Waals surface area contributed by atoms with Crippen LogP contribution in [0.4, 0.5) is 0 Å². The molecule has 0 aliphatic heterocycles. The molecule has 0 radical (unpaired) electrons. The number of carbonyl (C=O) groups excluding carboxylic acids is 1. The largest absolute Gasteiger partial charge is 0.496 e. The Morgan fingerprint density at radius 2 is 1.81 bits per heavy atom. The average Bonchev–Trinajstić information content (AvgIpc) is 2.62. The van der Waals surface area contributed by atoms with Crippen LogP contribution in [0.3, 0.4) is 0 Å². The highest BCUT2D eigenvalue weighted by molar-refractivity contribution is 6.32. The minimum atomic E-state index is -0.172. The van der Waals surface area contributed by atoms with E-state index in [9.17, 15) is 4.79 Å². The molecular formula is C22H28ClNO3. The fraction of sp³-hybridized carbons (Fsp3) is 0.409. The fourth-order valence-electron chi connectivity index (χ4n) is 3.08. The maximum atomic E-state index is 12.7. The van der Waals surface area contributed by atoms with Crippen LogP contribution in [0.25, 0.3) is 0 Å². The molecule has 4 nitrogen and oxygen atoms in total. The molecule has 27 heavy (non-hydrogen) atoms. The van der Waals surface area contributed by atoms with Crippen molar-refractivity contribution < 1.29 is 14.3 Å². The van der Waals surface area contributed by atoms with E-state index in [0.717, 1.165) is 22.4 Å². The molecule has 5 heteroatoms. The molecule has 0 aliphatic carbocycles. The number of hydrogen-bond acceptors (Lipinski definition) is 3. The van der Waals surface area contributed by atoms with E-state index in [0.29, 0.717) is 28.9 Å². The van der Waals surface area contributed by atoms with Crippen LogP contribution >= 0.6 is 11.6 Å². The van der Waals surface area contributed by atoms with Gasteiger partial charge in [0.2, 0.25) is 0 Å². The fourth-order valence-corrected chi connectivity index (χ4v) is 3.32. The number of rotatable bonds is 7. The van der Waals surface area contributed by atoms with Gasteiger partial charge < -0.3 is 14.8 Å². The lowest BCUT2D eigenvalue weighted by Crippen LogP contribution is -2.27. The first-order valence-corrected chi connectivity index (χ1v) is 9.57. The Labute approximate surface area is 166 Å². The molecule has 2 aromatic carbocycles. The SMILES string of the molecule is CCOc1ccc(C(=O)NC(C)c2cc(C(C)C)c(OC)cc2C)cc1Cl. The van der Waals surface area contributed by atoms with E-state index in [1.54, 1.807) is 25.3 Å². The van der Waals surface area contributed by atoms with Gasteiger partial charge in [-0.2, -0.15) is 0 Å². The van der Waals surface area contributed by atoms with Crippen molar-refractivity contribution in [1.82, 2.24) is 5.32 Å². The number of hydrogen-bond donors (Lipinski definition) is 1. The standard InChI is InChI=1S/C22H28ClNO3/c1-7-27-20-9-8-16(11-19(20)23)22(25)24-15(5)18-12-17(13(2)3)21(26-6)10-14(18)4/h8-13,15H,7H2,1-6H3,(H,24,25). The summed E-state index contributed by atoms with van der Waals surface area (Å²) in [5, 5.41) is 3.49. The summed E-state index contributed by atoms with van der Waals surface area (Å²) in [5.41, 5.74) is 3.78. The summed E-state index contributed by atoms with van der Waals surface area (Å²) in [6.45, 7) is 10.7. The van der Waals surface area contributed by atoms with E-state index in [4.69, 9.17) is 21.1 Å². The van der Waals surface area contributed by atoms with E-state index in [2.05, 4.69) is 25.2 Å². The van der Waals surface area contributed by atoms with E-state index >= 15 is 0 Å². The summed E-state index contributed by atoms with van der Waals surface area (Å²) in [6.07, 6.45) is 0. The van der Waals surface area contributed by atoms with Gasteiger partial charge in [-0.3, -0.25) is 4.79 Å². The second-order valence-corrected chi connectivity index (χ2v) is 7.29. The van der Waals surface area contributed by atoms with Crippen molar-refractivity contribution in [3.05, 3.63) is 57.6 Å². The van der Waals surface area contributed by atoms with Gasteiger partial charge in [0.1, 0.15) is 11.5 Å². The van der Waals surface area contributed by atoms with Crippen LogP contribution in [-0.4, -0.2) is 19.6 Å². The number of carbonyl (C=O) groups is 1. The lowest BCUT2D eigenvalue weighted by Gasteiger charge is -2.21. The summed E-state index contributed by atoms with van der Waals surface area (Å²) in [4.78, 5) is 12.7. The van der Waals surface area contributed by atoms with Crippen LogP contribution < -0.4 is 14.8 Å². The minimum Gasteiger partial charge on any atom is -0.496 e. The van der Waals surface area contributed by atoms with Gasteiger partial charge in [0.15, 0.2) is 0 Å². The van der Waals surface area contributed by atoms with E-state index in [1.807, 2.05) is 26.8 Å². The van der Waals surface area contributed by atoms with Crippen molar-refractivity contribution in [2.24, 2.45) is 0 Å². The van der Waals surface area contributed by atoms with Crippen molar-refractivity contribution in [2.45, 2.75) is 46.6 Å². The molecule has 1 N–H and O–H groups in total. The van der Waals surface area contributed by atoms with Gasteiger partial charge in [-0.15, -0.1) is 0 Å². The summed E-state index contributed by atoms with van der Waals surface area (Å²) < 4.78 is 10.9. The molecule has 0 saturated heterocycles. The number of amides is 1. The van der Waals surface area contributed by atoms with E-state index in [1.165, 1.54) is 0 Å². The summed E-state index contributed by atoms with van der Waals surface area (Å²) >= 11 is 6.20. The number of ether oxygens (including phenoxy) is 2. The van der Waals surface area contributed by atoms with Gasteiger partial charge >= 0.3 is 0 Å². The van der Waals surface area contributed by atoms with Crippen molar-refractivity contribution in [2.75, 3.05) is 13.7 Å². The van der Waals surface area contributed by atoms with E-state index in [-0.39, 0.29) is 11.9 Å². The Balaban J connectivity index is 2.24. The van der Waals surface area contributed by atoms with Crippen molar-refractivity contribution in [3.63, 3.8) is 0 Å². The normalized spacial score (nSPS) is 12.0. The Bertz CT molecular complexity index is 817. The van der Waals surface area contributed by atoms with Crippen LogP contribution in [0.2, 0.25) is 5.02 Å². The molecule has 2 aromatic rings. The van der Waals surface area contributed by atoms with Crippen molar-refractivity contribution >= 4 is 17.5 Å². The lowest BCUT2D eigenvalue weighted by molar-refractivity contribution is 0.0940. The first-order chi connectivity index (χ1) is 12.8. The Kier molecular flexibility index (Phi) is 7.14. The molecular weight excluding hydrogens is 362 g/mol. The van der Waals surface area contributed by atoms with E-state index < -0.39 is 0 Å². The maximum absolute atomic E-state index is 12.7. The molecule has 0 bridgehead atoms. The monoisotopic (exact) mass is 389 g/mol. The molecule has 0 spiro atoms. The van der Waals surface area contributed by atoms with Gasteiger partial charge in [-0.25, -0.2) is 0 Å². The predicted molar refractivity (Wildman–Crippen MR) is 110 cm³/mol. The number of halogens is 1. The Hall–Kier alpha value is -2.20. The highest BCUT2D eigenvalue weighted by atomic mass is 35.5. The molecule has 1 atom stereocenters. The third-order valence-electron chi connectivity index (χ3n) is 4.55. The highest BCUT2D eigenvalue weighted by Crippen LogP contribution is 2.32. The van der Waals surface area contributed by atoms with Gasteiger partial charge in [-0.1, -0.05) is 25.4 Å². The molecule has 2 rings (SSSR count). The quantitative estimate of drug-likeness (QED) is 0.663. The molecule has 1 amide bonds. The van der Waals surface area contributed by atoms with Gasteiger partial charge in [-0.05, 0) is 73.7 Å². The van der Waals surface area contributed by atoms with Gasteiger partial charge in [0, 0.05) is 5.56 Å². The Morgan fingerprint density at radius 1 is 1.11 bits per heavy atom. The average molecular weight is 390 g/mol. The number of methoxy groups -OCH3 is 1. The first-order valence-electron chi connectivity index (χ1n) is 9.20.